The number of benzene rings is 2. The number of Topliss-reactive ketones (excluding diaryl/α,β-unsaturated/α-hetero) is 1. The van der Waals surface area contributed by atoms with Crippen molar-refractivity contribution in [3.63, 3.8) is 0 Å². The largest absolute Gasteiger partial charge is 0.507 e. The van der Waals surface area contributed by atoms with Crippen LogP contribution in [-0.4, -0.2) is 23.8 Å². The van der Waals surface area contributed by atoms with Crippen molar-refractivity contribution in [2.24, 2.45) is 5.92 Å². The molecule has 4 heteroatoms. The summed E-state index contributed by atoms with van der Waals surface area (Å²) in [5.74, 6) is 0.420. The summed E-state index contributed by atoms with van der Waals surface area (Å²) in [6.07, 6.45) is 1.89. The number of aromatic hydroxyl groups is 1. The number of phenolic OH excluding ortho intramolecular Hbond substituents is 1. The van der Waals surface area contributed by atoms with Crippen molar-refractivity contribution in [2.75, 3.05) is 7.11 Å². The van der Waals surface area contributed by atoms with E-state index >= 15 is 0 Å². The first-order valence-electron chi connectivity index (χ1n) is 9.15. The molecule has 0 spiro atoms. The molecule has 2 aliphatic rings. The van der Waals surface area contributed by atoms with Crippen molar-refractivity contribution in [1.29, 1.82) is 0 Å². The van der Waals surface area contributed by atoms with Crippen molar-refractivity contribution in [3.05, 3.63) is 63.7 Å². The Balaban J connectivity index is 1.99. The number of methoxy groups -OCH3 is 1. The zero-order valence-electron chi connectivity index (χ0n) is 15.8. The lowest BCUT2D eigenvalue weighted by Crippen LogP contribution is -2.25. The molecule has 0 fully saturated rings. The summed E-state index contributed by atoms with van der Waals surface area (Å²) in [4.78, 5) is 25.2. The van der Waals surface area contributed by atoms with Gasteiger partial charge in [-0.1, -0.05) is 18.7 Å². The molecule has 2 aromatic rings. The number of ether oxygens (including phenoxy) is 1. The monoisotopic (exact) mass is 362 g/mol. The van der Waals surface area contributed by atoms with E-state index in [2.05, 4.69) is 6.58 Å². The lowest BCUT2D eigenvalue weighted by atomic mass is 9.72. The number of hydrogen-bond acceptors (Lipinski definition) is 4. The Kier molecular flexibility index (Phi) is 3.95. The molecule has 0 radical (unpaired) electrons. The van der Waals surface area contributed by atoms with Gasteiger partial charge in [-0.15, -0.1) is 0 Å². The van der Waals surface area contributed by atoms with Crippen LogP contribution in [0, 0.1) is 12.8 Å². The Labute approximate surface area is 158 Å². The molecule has 0 aliphatic heterocycles. The van der Waals surface area contributed by atoms with E-state index < -0.39 is 0 Å². The Hall–Kier alpha value is -2.88. The summed E-state index contributed by atoms with van der Waals surface area (Å²) in [7, 11) is 1.53. The van der Waals surface area contributed by atoms with Crippen LogP contribution in [0.25, 0.3) is 5.57 Å². The van der Waals surface area contributed by atoms with Crippen molar-refractivity contribution in [3.8, 4) is 11.5 Å². The normalized spacial score (nSPS) is 17.8. The van der Waals surface area contributed by atoms with Crippen molar-refractivity contribution >= 4 is 17.1 Å². The van der Waals surface area contributed by atoms with E-state index in [1.807, 2.05) is 19.1 Å². The van der Waals surface area contributed by atoms with Gasteiger partial charge >= 0.3 is 0 Å². The van der Waals surface area contributed by atoms with Crippen LogP contribution in [-0.2, 0) is 17.6 Å². The minimum Gasteiger partial charge on any atom is -0.507 e. The topological polar surface area (TPSA) is 63.6 Å². The summed E-state index contributed by atoms with van der Waals surface area (Å²) < 4.78 is 5.39. The van der Waals surface area contributed by atoms with E-state index in [0.717, 1.165) is 22.3 Å². The Morgan fingerprint density at radius 2 is 1.96 bits per heavy atom. The van der Waals surface area contributed by atoms with Crippen molar-refractivity contribution < 1.29 is 19.4 Å². The minimum atomic E-state index is -0.234. The molecular formula is C23H22O4. The van der Waals surface area contributed by atoms with Gasteiger partial charge in [0.25, 0.3) is 0 Å². The molecule has 0 saturated carbocycles. The molecule has 0 amide bonds. The van der Waals surface area contributed by atoms with E-state index in [1.54, 1.807) is 13.0 Å². The number of fused-ring (bicyclic) bond motifs is 3. The molecule has 1 N–H and O–H groups in total. The van der Waals surface area contributed by atoms with E-state index in [-0.39, 0.29) is 23.2 Å². The molecule has 0 bridgehead atoms. The average Bonchev–Trinajstić information content (AvgIpc) is 2.67. The van der Waals surface area contributed by atoms with Gasteiger partial charge in [-0.05, 0) is 72.6 Å². The quantitative estimate of drug-likeness (QED) is 0.748. The van der Waals surface area contributed by atoms with Gasteiger partial charge in [-0.2, -0.15) is 0 Å². The van der Waals surface area contributed by atoms with Crippen molar-refractivity contribution in [1.82, 2.24) is 0 Å². The average molecular weight is 362 g/mol. The Bertz CT molecular complexity index is 1030. The minimum absolute atomic E-state index is 0.0337. The number of carbonyl (C=O) groups excluding carboxylic acids is 2. The second kappa shape index (κ2) is 6.08. The van der Waals surface area contributed by atoms with Gasteiger partial charge in [-0.25, -0.2) is 0 Å². The van der Waals surface area contributed by atoms with Gasteiger partial charge in [0.1, 0.15) is 17.3 Å². The zero-order chi connectivity index (χ0) is 19.5. The third kappa shape index (κ3) is 2.36. The Morgan fingerprint density at radius 3 is 2.63 bits per heavy atom. The fourth-order valence-corrected chi connectivity index (χ4v) is 4.58. The third-order valence-electron chi connectivity index (χ3n) is 6.06. The van der Waals surface area contributed by atoms with E-state index in [1.165, 1.54) is 7.11 Å². The van der Waals surface area contributed by atoms with Gasteiger partial charge in [0, 0.05) is 5.92 Å². The highest BCUT2D eigenvalue weighted by Gasteiger charge is 2.37. The van der Waals surface area contributed by atoms with Crippen molar-refractivity contribution in [2.45, 2.75) is 33.1 Å². The highest BCUT2D eigenvalue weighted by atomic mass is 16.5. The number of phenols is 1. The van der Waals surface area contributed by atoms with Crippen LogP contribution in [0.2, 0.25) is 0 Å². The van der Waals surface area contributed by atoms with Crippen LogP contribution in [0.3, 0.4) is 0 Å². The van der Waals surface area contributed by atoms with Gasteiger partial charge in [0.15, 0.2) is 0 Å². The molecule has 2 aliphatic carbocycles. The molecule has 4 rings (SSSR count). The third-order valence-corrected chi connectivity index (χ3v) is 6.06. The SMILES string of the molecule is C=C1c2cccc(OC)c2C(=O)c2c(O)c3c(c(C)c21)CC(C(C)=O)CC3. The molecular weight excluding hydrogens is 340 g/mol. The number of carbonyl (C=O) groups is 2. The summed E-state index contributed by atoms with van der Waals surface area (Å²) >= 11 is 0. The molecule has 138 valence electrons. The summed E-state index contributed by atoms with van der Waals surface area (Å²) in [6.45, 7) is 7.81. The van der Waals surface area contributed by atoms with Crippen LogP contribution < -0.4 is 4.74 Å². The highest BCUT2D eigenvalue weighted by Crippen LogP contribution is 2.47. The molecule has 4 nitrogen and oxygen atoms in total. The maximum atomic E-state index is 13.3. The molecule has 27 heavy (non-hydrogen) atoms. The number of rotatable bonds is 2. The van der Waals surface area contributed by atoms with Gasteiger partial charge in [0.05, 0.1) is 18.2 Å². The number of ketones is 2. The molecule has 0 aromatic heterocycles. The summed E-state index contributed by atoms with van der Waals surface area (Å²) in [5.41, 5.74) is 5.62. The summed E-state index contributed by atoms with van der Waals surface area (Å²) in [6, 6.07) is 5.44. The second-order valence-electron chi connectivity index (χ2n) is 7.42. The lowest BCUT2D eigenvalue weighted by Gasteiger charge is -2.31. The second-order valence-corrected chi connectivity index (χ2v) is 7.42. The maximum absolute atomic E-state index is 13.3. The molecule has 0 saturated heterocycles. The smallest absolute Gasteiger partial charge is 0.201 e. The van der Waals surface area contributed by atoms with Crippen LogP contribution in [0.1, 0.15) is 57.1 Å². The van der Waals surface area contributed by atoms with E-state index in [4.69, 9.17) is 4.74 Å². The van der Waals surface area contributed by atoms with Crippen LogP contribution >= 0.6 is 0 Å². The van der Waals surface area contributed by atoms with Crippen LogP contribution in [0.5, 0.6) is 11.5 Å². The van der Waals surface area contributed by atoms with E-state index in [9.17, 15) is 14.7 Å². The molecule has 0 heterocycles. The zero-order valence-corrected chi connectivity index (χ0v) is 15.8. The molecule has 2 aromatic carbocycles. The number of hydrogen-bond donors (Lipinski definition) is 1. The lowest BCUT2D eigenvalue weighted by molar-refractivity contribution is -0.121. The van der Waals surface area contributed by atoms with Crippen LogP contribution in [0.4, 0.5) is 0 Å². The Morgan fingerprint density at radius 1 is 1.22 bits per heavy atom. The first-order valence-corrected chi connectivity index (χ1v) is 9.15. The fraction of sp³-hybridized carbons (Fsp3) is 0.304. The van der Waals surface area contributed by atoms with Gasteiger partial charge < -0.3 is 9.84 Å². The van der Waals surface area contributed by atoms with Gasteiger partial charge in [0.2, 0.25) is 5.78 Å². The van der Waals surface area contributed by atoms with E-state index in [0.29, 0.717) is 47.3 Å². The molecule has 1 unspecified atom stereocenters. The summed E-state index contributed by atoms with van der Waals surface area (Å²) in [5, 5.41) is 11.0. The molecule has 1 atom stereocenters. The fourth-order valence-electron chi connectivity index (χ4n) is 4.58. The first kappa shape index (κ1) is 17.5. The first-order chi connectivity index (χ1) is 12.9. The predicted molar refractivity (Wildman–Crippen MR) is 104 cm³/mol. The van der Waals surface area contributed by atoms with Gasteiger partial charge in [-0.3, -0.25) is 9.59 Å². The maximum Gasteiger partial charge on any atom is 0.201 e. The predicted octanol–water partition coefficient (Wildman–Crippen LogP) is 4.01. The standard InChI is InChI=1S/C23H22O4/c1-11-15-6-5-7-18(27-4)20(15)23(26)21-19(11)12(2)17-10-14(13(3)24)8-9-16(17)22(21)25/h5-7,14,25H,1,8-10H2,2-4H3. The van der Waals surface area contributed by atoms with Crippen LogP contribution in [0.15, 0.2) is 24.8 Å². The highest BCUT2D eigenvalue weighted by molar-refractivity contribution is 6.22.